The van der Waals surface area contributed by atoms with Gasteiger partial charge >= 0.3 is 0 Å². The molecule has 0 radical (unpaired) electrons. The van der Waals surface area contributed by atoms with Crippen molar-refractivity contribution < 1.29 is 9.59 Å². The Kier molecular flexibility index (Phi) is 5.14. The van der Waals surface area contributed by atoms with Crippen LogP contribution >= 0.6 is 0 Å². The normalized spacial score (nSPS) is 19.3. The molecular formula is C15H22N4O2. The molecule has 1 saturated heterocycles. The number of likely N-dealkylation sites (tertiary alicyclic amines) is 1. The van der Waals surface area contributed by atoms with Crippen molar-refractivity contribution in [3.8, 4) is 0 Å². The zero-order chi connectivity index (χ0) is 15.2. The van der Waals surface area contributed by atoms with Gasteiger partial charge in [0.1, 0.15) is 6.04 Å². The van der Waals surface area contributed by atoms with E-state index in [9.17, 15) is 9.59 Å². The van der Waals surface area contributed by atoms with E-state index < -0.39 is 6.04 Å². The van der Waals surface area contributed by atoms with Gasteiger partial charge in [0, 0.05) is 25.9 Å². The van der Waals surface area contributed by atoms with Gasteiger partial charge in [-0.15, -0.1) is 6.58 Å². The fourth-order valence-corrected chi connectivity index (χ4v) is 2.77. The number of hydrogen-bond donors (Lipinski definition) is 1. The highest BCUT2D eigenvalue weighted by Crippen LogP contribution is 2.20. The van der Waals surface area contributed by atoms with Crippen molar-refractivity contribution in [2.45, 2.75) is 44.8 Å². The van der Waals surface area contributed by atoms with Crippen molar-refractivity contribution >= 4 is 11.8 Å². The van der Waals surface area contributed by atoms with Gasteiger partial charge < -0.3 is 10.2 Å². The lowest BCUT2D eigenvalue weighted by atomic mass is 10.1. The van der Waals surface area contributed by atoms with Crippen LogP contribution in [0.2, 0.25) is 0 Å². The summed E-state index contributed by atoms with van der Waals surface area (Å²) in [7, 11) is 0. The minimum Gasteiger partial charge on any atom is -0.344 e. The van der Waals surface area contributed by atoms with E-state index >= 15 is 0 Å². The molecule has 0 aromatic carbocycles. The minimum absolute atomic E-state index is 0.0280. The molecule has 2 heterocycles. The first-order valence-corrected chi connectivity index (χ1v) is 7.27. The zero-order valence-electron chi connectivity index (χ0n) is 12.4. The van der Waals surface area contributed by atoms with Gasteiger partial charge in [-0.25, -0.2) is 0 Å². The smallest absolute Gasteiger partial charge is 0.245 e. The van der Waals surface area contributed by atoms with E-state index in [1.165, 1.54) is 6.92 Å². The second-order valence-corrected chi connectivity index (χ2v) is 5.33. The number of carbonyl (C=O) groups is 2. The maximum Gasteiger partial charge on any atom is 0.245 e. The molecule has 0 unspecified atom stereocenters. The van der Waals surface area contributed by atoms with Crippen LogP contribution in [0.4, 0.5) is 0 Å². The Labute approximate surface area is 124 Å². The summed E-state index contributed by atoms with van der Waals surface area (Å²) in [6, 6.07) is 1.50. The van der Waals surface area contributed by atoms with Crippen LogP contribution in [0.5, 0.6) is 0 Å². The van der Waals surface area contributed by atoms with Crippen LogP contribution in [0.3, 0.4) is 0 Å². The predicted molar refractivity (Wildman–Crippen MR) is 79.4 cm³/mol. The molecule has 21 heavy (non-hydrogen) atoms. The van der Waals surface area contributed by atoms with Crippen molar-refractivity contribution in [1.29, 1.82) is 0 Å². The summed E-state index contributed by atoms with van der Waals surface area (Å²) in [6.45, 7) is 6.51. The standard InChI is InChI=1S/C15H22N4O2/c1-3-6-14(17-12(2)20)15(21)19-10-4-7-13(19)11-18-9-5-8-16-18/h3,5,8-9,13-14H,1,4,6-7,10-11H2,2H3,(H,17,20)/t13-,14-/m1/s1. The molecule has 1 aliphatic rings. The van der Waals surface area contributed by atoms with Gasteiger partial charge in [0.05, 0.1) is 12.6 Å². The molecule has 1 aliphatic heterocycles. The first-order chi connectivity index (χ1) is 10.1. The zero-order valence-corrected chi connectivity index (χ0v) is 12.4. The summed E-state index contributed by atoms with van der Waals surface area (Å²) in [5.41, 5.74) is 0. The molecule has 1 fully saturated rings. The summed E-state index contributed by atoms with van der Waals surface area (Å²) in [6.07, 6.45) is 7.69. The van der Waals surface area contributed by atoms with Crippen molar-refractivity contribution in [1.82, 2.24) is 20.0 Å². The van der Waals surface area contributed by atoms with E-state index in [2.05, 4.69) is 17.0 Å². The number of carbonyl (C=O) groups excluding carboxylic acids is 2. The van der Waals surface area contributed by atoms with Crippen LogP contribution in [0.1, 0.15) is 26.2 Å². The third-order valence-corrected chi connectivity index (χ3v) is 3.70. The van der Waals surface area contributed by atoms with Crippen LogP contribution in [-0.2, 0) is 16.1 Å². The average Bonchev–Trinajstić information content (AvgIpc) is 3.09. The quantitative estimate of drug-likeness (QED) is 0.793. The molecule has 2 amide bonds. The van der Waals surface area contributed by atoms with E-state index in [0.717, 1.165) is 19.4 Å². The van der Waals surface area contributed by atoms with Crippen LogP contribution < -0.4 is 5.32 Å². The number of rotatable bonds is 6. The van der Waals surface area contributed by atoms with Gasteiger partial charge in [0.25, 0.3) is 0 Å². The fraction of sp³-hybridized carbons (Fsp3) is 0.533. The maximum atomic E-state index is 12.6. The fourth-order valence-electron chi connectivity index (χ4n) is 2.77. The highest BCUT2D eigenvalue weighted by molar-refractivity contribution is 5.87. The van der Waals surface area contributed by atoms with Gasteiger partial charge in [-0.1, -0.05) is 6.08 Å². The molecule has 0 aliphatic carbocycles. The monoisotopic (exact) mass is 290 g/mol. The van der Waals surface area contributed by atoms with E-state index in [-0.39, 0.29) is 17.9 Å². The largest absolute Gasteiger partial charge is 0.344 e. The molecule has 1 aromatic heterocycles. The van der Waals surface area contributed by atoms with Gasteiger partial charge in [0.15, 0.2) is 0 Å². The molecule has 1 aromatic rings. The number of aromatic nitrogens is 2. The predicted octanol–water partition coefficient (Wildman–Crippen LogP) is 0.955. The first-order valence-electron chi connectivity index (χ1n) is 7.27. The first kappa shape index (κ1) is 15.3. The van der Waals surface area contributed by atoms with Gasteiger partial charge in [-0.2, -0.15) is 5.10 Å². The molecule has 1 N–H and O–H groups in total. The molecular weight excluding hydrogens is 268 g/mol. The third kappa shape index (κ3) is 3.93. The molecule has 0 bridgehead atoms. The molecule has 114 valence electrons. The molecule has 2 atom stereocenters. The Morgan fingerprint density at radius 1 is 1.57 bits per heavy atom. The molecule has 2 rings (SSSR count). The highest BCUT2D eigenvalue weighted by atomic mass is 16.2. The Balaban J connectivity index is 2.04. The summed E-state index contributed by atoms with van der Waals surface area (Å²) in [4.78, 5) is 25.8. The summed E-state index contributed by atoms with van der Waals surface area (Å²) in [5, 5.41) is 6.91. The second kappa shape index (κ2) is 7.06. The van der Waals surface area contributed by atoms with Crippen molar-refractivity contribution in [2.24, 2.45) is 0 Å². The molecule has 6 nitrogen and oxygen atoms in total. The number of hydrogen-bond acceptors (Lipinski definition) is 3. The minimum atomic E-state index is -0.516. The SMILES string of the molecule is C=CC[C@@H](NC(C)=O)C(=O)N1CCC[C@@H]1Cn1cccn1. The van der Waals surface area contributed by atoms with Crippen molar-refractivity contribution in [3.05, 3.63) is 31.1 Å². The number of nitrogens with zero attached hydrogens (tertiary/aromatic N) is 3. The maximum absolute atomic E-state index is 12.6. The average molecular weight is 290 g/mol. The van der Waals surface area contributed by atoms with Crippen LogP contribution in [-0.4, -0.2) is 45.1 Å². The van der Waals surface area contributed by atoms with E-state index in [1.807, 2.05) is 21.8 Å². The van der Waals surface area contributed by atoms with Crippen LogP contribution in [0.25, 0.3) is 0 Å². The lowest BCUT2D eigenvalue weighted by molar-refractivity contribution is -0.137. The lowest BCUT2D eigenvalue weighted by Gasteiger charge is -2.28. The Bertz CT molecular complexity index is 498. The van der Waals surface area contributed by atoms with Gasteiger partial charge in [-0.05, 0) is 25.3 Å². The second-order valence-electron chi connectivity index (χ2n) is 5.33. The Morgan fingerprint density at radius 2 is 2.38 bits per heavy atom. The number of nitrogens with one attached hydrogen (secondary N) is 1. The molecule has 6 heteroatoms. The van der Waals surface area contributed by atoms with Crippen molar-refractivity contribution in [3.63, 3.8) is 0 Å². The van der Waals surface area contributed by atoms with E-state index in [1.54, 1.807) is 12.3 Å². The summed E-state index contributed by atoms with van der Waals surface area (Å²) >= 11 is 0. The topological polar surface area (TPSA) is 67.2 Å². The Hall–Kier alpha value is -2.11. The third-order valence-electron chi connectivity index (χ3n) is 3.70. The van der Waals surface area contributed by atoms with Gasteiger partial charge in [0.2, 0.25) is 11.8 Å². The van der Waals surface area contributed by atoms with Crippen LogP contribution in [0.15, 0.2) is 31.1 Å². The Morgan fingerprint density at radius 3 is 3.00 bits per heavy atom. The highest BCUT2D eigenvalue weighted by Gasteiger charge is 2.33. The van der Waals surface area contributed by atoms with E-state index in [0.29, 0.717) is 13.0 Å². The lowest BCUT2D eigenvalue weighted by Crippen LogP contribution is -2.50. The molecule has 0 saturated carbocycles. The van der Waals surface area contributed by atoms with E-state index in [4.69, 9.17) is 0 Å². The summed E-state index contributed by atoms with van der Waals surface area (Å²) in [5.74, 6) is -0.224. The summed E-state index contributed by atoms with van der Waals surface area (Å²) < 4.78 is 1.84. The van der Waals surface area contributed by atoms with Gasteiger partial charge in [-0.3, -0.25) is 14.3 Å². The van der Waals surface area contributed by atoms with Crippen molar-refractivity contribution in [2.75, 3.05) is 6.54 Å². The number of amides is 2. The van der Waals surface area contributed by atoms with Crippen LogP contribution in [0, 0.1) is 0 Å². The molecule has 0 spiro atoms.